The predicted molar refractivity (Wildman–Crippen MR) is 139 cm³/mol. The molecule has 1 fully saturated rings. The van der Waals surface area contributed by atoms with Crippen LogP contribution in [-0.4, -0.2) is 17.2 Å². The van der Waals surface area contributed by atoms with Crippen LogP contribution in [0.3, 0.4) is 0 Å². The third kappa shape index (κ3) is 5.97. The minimum absolute atomic E-state index is 0.112. The molecule has 1 aliphatic heterocycles. The lowest BCUT2D eigenvalue weighted by Gasteiger charge is -2.42. The molecule has 4 nitrogen and oxygen atoms in total. The first-order valence-corrected chi connectivity index (χ1v) is 12.4. The first kappa shape index (κ1) is 25.9. The van der Waals surface area contributed by atoms with Gasteiger partial charge in [0, 0.05) is 22.4 Å². The van der Waals surface area contributed by atoms with E-state index in [-0.39, 0.29) is 30.2 Å². The maximum Gasteiger partial charge on any atom is 0.307 e. The zero-order chi connectivity index (χ0) is 25.8. The Bertz CT molecular complexity index is 1260. The molecular weight excluding hydrogens is 479 g/mol. The van der Waals surface area contributed by atoms with Gasteiger partial charge >= 0.3 is 5.97 Å². The van der Waals surface area contributed by atoms with E-state index in [0.717, 1.165) is 16.7 Å². The Morgan fingerprint density at radius 1 is 1.11 bits per heavy atom. The molecule has 0 bridgehead atoms. The molecule has 3 aromatic carbocycles. The molecule has 1 heterocycles. The summed E-state index contributed by atoms with van der Waals surface area (Å²) in [6.07, 6.45) is -0.145. The minimum Gasteiger partial charge on any atom is -0.489 e. The zero-order valence-electron chi connectivity index (χ0n) is 20.4. The van der Waals surface area contributed by atoms with E-state index in [1.54, 1.807) is 24.3 Å². The molecule has 0 amide bonds. The fourth-order valence-corrected chi connectivity index (χ4v) is 5.15. The molecule has 1 N–H and O–H groups in total. The Hall–Kier alpha value is -3.15. The van der Waals surface area contributed by atoms with Gasteiger partial charge in [-0.1, -0.05) is 60.2 Å². The fourth-order valence-electron chi connectivity index (χ4n) is 4.94. The van der Waals surface area contributed by atoms with E-state index >= 15 is 0 Å². The van der Waals surface area contributed by atoms with Crippen LogP contribution in [0, 0.1) is 11.7 Å². The Labute approximate surface area is 216 Å². The standard InChI is InChI=1S/C30H30ClFO4/c1-18(2)24-16-25(23-9-4-5-10-27(23)32)19(3)36-30(24)26-14-20(15-29(33)34)11-12-28(26)35-17-21-7-6-8-22(31)13-21/h4-14,19,24-25,30H,1,15-17H2,2-3H3,(H,33,34)/t19-,24+,25+,30-/m0/s1. The van der Waals surface area contributed by atoms with Gasteiger partial charge in [0.2, 0.25) is 0 Å². The van der Waals surface area contributed by atoms with Gasteiger partial charge in [-0.25, -0.2) is 4.39 Å². The van der Waals surface area contributed by atoms with Gasteiger partial charge in [0.1, 0.15) is 18.2 Å². The summed E-state index contributed by atoms with van der Waals surface area (Å²) in [6.45, 7) is 8.40. The number of halogens is 2. The van der Waals surface area contributed by atoms with Gasteiger partial charge in [0.05, 0.1) is 18.6 Å². The van der Waals surface area contributed by atoms with Crippen molar-refractivity contribution < 1.29 is 23.8 Å². The second-order valence-electron chi connectivity index (χ2n) is 9.44. The van der Waals surface area contributed by atoms with Crippen LogP contribution in [0.5, 0.6) is 5.75 Å². The molecule has 3 aromatic rings. The second-order valence-corrected chi connectivity index (χ2v) is 9.88. The summed E-state index contributed by atoms with van der Waals surface area (Å²) < 4.78 is 27.4. The number of ether oxygens (including phenoxy) is 2. The van der Waals surface area contributed by atoms with E-state index in [2.05, 4.69) is 6.58 Å². The second kappa shape index (κ2) is 11.3. The Balaban J connectivity index is 1.69. The smallest absolute Gasteiger partial charge is 0.307 e. The molecule has 6 heteroatoms. The number of carboxylic acids is 1. The number of aliphatic carboxylic acids is 1. The van der Waals surface area contributed by atoms with Crippen LogP contribution in [-0.2, 0) is 22.6 Å². The topological polar surface area (TPSA) is 55.8 Å². The van der Waals surface area contributed by atoms with Crippen molar-refractivity contribution in [2.45, 2.75) is 51.4 Å². The van der Waals surface area contributed by atoms with Crippen molar-refractivity contribution in [3.8, 4) is 5.75 Å². The number of carboxylic acid groups (broad SMARTS) is 1. The maximum atomic E-state index is 14.7. The highest BCUT2D eigenvalue weighted by atomic mass is 35.5. The first-order chi connectivity index (χ1) is 17.2. The van der Waals surface area contributed by atoms with Crippen molar-refractivity contribution in [2.24, 2.45) is 5.92 Å². The lowest BCUT2D eigenvalue weighted by molar-refractivity contribution is -0.136. The van der Waals surface area contributed by atoms with Gasteiger partial charge in [0.25, 0.3) is 0 Å². The SMILES string of the molecule is C=C(C)[C@H]1C[C@@H](c2ccccc2F)[C@H](C)O[C@@H]1c1cc(CC(=O)O)ccc1OCc1cccc(Cl)c1. The van der Waals surface area contributed by atoms with E-state index in [4.69, 9.17) is 21.1 Å². The molecule has 1 aliphatic rings. The number of carbonyl (C=O) groups is 1. The molecule has 0 unspecified atom stereocenters. The van der Waals surface area contributed by atoms with Crippen molar-refractivity contribution >= 4 is 17.6 Å². The number of rotatable bonds is 8. The van der Waals surface area contributed by atoms with Crippen LogP contribution in [0.15, 0.2) is 78.9 Å². The normalized spacial score (nSPS) is 21.7. The third-order valence-corrected chi connectivity index (χ3v) is 6.99. The summed E-state index contributed by atoms with van der Waals surface area (Å²) in [7, 11) is 0. The van der Waals surface area contributed by atoms with Crippen LogP contribution < -0.4 is 4.74 Å². The lowest BCUT2D eigenvalue weighted by Crippen LogP contribution is -2.35. The molecule has 4 atom stereocenters. The number of hydrogen-bond acceptors (Lipinski definition) is 3. The van der Waals surface area contributed by atoms with Gasteiger partial charge in [-0.05, 0) is 67.3 Å². The van der Waals surface area contributed by atoms with Gasteiger partial charge in [-0.15, -0.1) is 0 Å². The highest BCUT2D eigenvalue weighted by Gasteiger charge is 2.40. The summed E-state index contributed by atoms with van der Waals surface area (Å²) in [5.74, 6) is -0.799. The molecule has 36 heavy (non-hydrogen) atoms. The summed E-state index contributed by atoms with van der Waals surface area (Å²) in [4.78, 5) is 11.4. The molecule has 0 aromatic heterocycles. The molecule has 0 saturated carbocycles. The van der Waals surface area contributed by atoms with Crippen molar-refractivity contribution in [1.82, 2.24) is 0 Å². The van der Waals surface area contributed by atoms with Crippen LogP contribution in [0.4, 0.5) is 4.39 Å². The predicted octanol–water partition coefficient (Wildman–Crippen LogP) is 7.51. The van der Waals surface area contributed by atoms with E-state index < -0.39 is 12.1 Å². The molecule has 0 radical (unpaired) electrons. The van der Waals surface area contributed by atoms with Crippen molar-refractivity contribution in [3.63, 3.8) is 0 Å². The molecule has 4 rings (SSSR count). The van der Waals surface area contributed by atoms with Crippen molar-refractivity contribution in [3.05, 3.63) is 112 Å². The zero-order valence-corrected chi connectivity index (χ0v) is 21.2. The fraction of sp³-hybridized carbons (Fsp3) is 0.300. The van der Waals surface area contributed by atoms with E-state index in [1.165, 1.54) is 6.07 Å². The Morgan fingerprint density at radius 3 is 2.58 bits per heavy atom. The molecule has 188 valence electrons. The Morgan fingerprint density at radius 2 is 1.89 bits per heavy atom. The average molecular weight is 509 g/mol. The van der Waals surface area contributed by atoms with Crippen LogP contribution in [0.2, 0.25) is 5.02 Å². The van der Waals surface area contributed by atoms with Crippen molar-refractivity contribution in [1.29, 1.82) is 0 Å². The third-order valence-electron chi connectivity index (χ3n) is 6.76. The monoisotopic (exact) mass is 508 g/mol. The molecule has 0 spiro atoms. The van der Waals surface area contributed by atoms with Crippen LogP contribution in [0.1, 0.15) is 54.5 Å². The highest BCUT2D eigenvalue weighted by molar-refractivity contribution is 6.30. The van der Waals surface area contributed by atoms with Crippen LogP contribution in [0.25, 0.3) is 0 Å². The summed E-state index contributed by atoms with van der Waals surface area (Å²) in [5, 5.41) is 9.98. The van der Waals surface area contributed by atoms with E-state index in [0.29, 0.717) is 34.9 Å². The molecule has 1 saturated heterocycles. The summed E-state index contributed by atoms with van der Waals surface area (Å²) in [6, 6.07) is 19.6. The first-order valence-electron chi connectivity index (χ1n) is 12.0. The average Bonchev–Trinajstić information content (AvgIpc) is 2.83. The van der Waals surface area contributed by atoms with E-state index in [9.17, 15) is 14.3 Å². The van der Waals surface area contributed by atoms with Gasteiger partial charge < -0.3 is 14.6 Å². The number of hydrogen-bond donors (Lipinski definition) is 1. The van der Waals surface area contributed by atoms with E-state index in [1.807, 2.05) is 50.2 Å². The number of benzene rings is 3. The maximum absolute atomic E-state index is 14.7. The highest BCUT2D eigenvalue weighted by Crippen LogP contribution is 2.48. The largest absolute Gasteiger partial charge is 0.489 e. The minimum atomic E-state index is -0.914. The molecule has 0 aliphatic carbocycles. The van der Waals surface area contributed by atoms with Gasteiger partial charge in [-0.2, -0.15) is 0 Å². The summed E-state index contributed by atoms with van der Waals surface area (Å²) in [5.41, 5.74) is 3.88. The van der Waals surface area contributed by atoms with Gasteiger partial charge in [0.15, 0.2) is 0 Å². The Kier molecular flexibility index (Phi) is 8.12. The molecular formula is C30H30ClFO4. The van der Waals surface area contributed by atoms with Crippen LogP contribution >= 0.6 is 11.6 Å². The van der Waals surface area contributed by atoms with Crippen molar-refractivity contribution in [2.75, 3.05) is 0 Å². The lowest BCUT2D eigenvalue weighted by atomic mass is 9.75. The quantitative estimate of drug-likeness (QED) is 0.320. The van der Waals surface area contributed by atoms with Gasteiger partial charge in [-0.3, -0.25) is 4.79 Å². The summed E-state index contributed by atoms with van der Waals surface area (Å²) >= 11 is 6.13.